The van der Waals surface area contributed by atoms with Gasteiger partial charge in [-0.15, -0.1) is 0 Å². The van der Waals surface area contributed by atoms with Crippen LogP contribution in [0.3, 0.4) is 0 Å². The van der Waals surface area contributed by atoms with Crippen molar-refractivity contribution in [3.63, 3.8) is 0 Å². The van der Waals surface area contributed by atoms with E-state index in [1.54, 1.807) is 0 Å². The third kappa shape index (κ3) is 3.39. The summed E-state index contributed by atoms with van der Waals surface area (Å²) in [4.78, 5) is 11.7. The molecule has 1 rings (SSSR count). The number of halogens is 2. The molecule has 2 nitrogen and oxygen atoms in total. The maximum Gasteiger partial charge on any atom is 0.257 e. The zero-order valence-corrected chi connectivity index (χ0v) is 10.4. The largest absolute Gasteiger partial charge is 0.352 e. The van der Waals surface area contributed by atoms with Gasteiger partial charge in [-0.2, -0.15) is 0 Å². The van der Waals surface area contributed by atoms with Gasteiger partial charge in [0.05, 0.1) is 0 Å². The average Bonchev–Trinajstić information content (AvgIpc) is 2.35. The smallest absolute Gasteiger partial charge is 0.257 e. The Morgan fingerprint density at radius 2 is 2.11 bits per heavy atom. The van der Waals surface area contributed by atoms with Crippen LogP contribution in [0.25, 0.3) is 6.08 Å². The van der Waals surface area contributed by atoms with E-state index < -0.39 is 23.1 Å². The Kier molecular flexibility index (Phi) is 5.49. The molecule has 4 heteroatoms. The summed E-state index contributed by atoms with van der Waals surface area (Å²) in [5, 5.41) is 2.51. The lowest BCUT2D eigenvalue weighted by Gasteiger charge is -2.08. The van der Waals surface area contributed by atoms with Crippen molar-refractivity contribution in [2.75, 3.05) is 6.54 Å². The second-order valence-electron chi connectivity index (χ2n) is 3.99. The molecule has 0 heterocycles. The molecule has 1 N–H and O–H groups in total. The molecule has 1 aromatic carbocycles. The third-order valence-corrected chi connectivity index (χ3v) is 2.63. The first-order valence-electron chi connectivity index (χ1n) is 6.00. The van der Waals surface area contributed by atoms with Crippen molar-refractivity contribution in [2.45, 2.75) is 26.2 Å². The van der Waals surface area contributed by atoms with Gasteiger partial charge >= 0.3 is 0 Å². The molecule has 1 aromatic rings. The topological polar surface area (TPSA) is 29.1 Å². The van der Waals surface area contributed by atoms with Gasteiger partial charge in [0.2, 0.25) is 0 Å². The Morgan fingerprint density at radius 3 is 2.72 bits per heavy atom. The van der Waals surface area contributed by atoms with E-state index in [1.165, 1.54) is 12.1 Å². The van der Waals surface area contributed by atoms with Gasteiger partial charge in [0.1, 0.15) is 17.2 Å². The van der Waals surface area contributed by atoms with Gasteiger partial charge in [0.25, 0.3) is 5.91 Å². The van der Waals surface area contributed by atoms with Crippen LogP contribution in [0.2, 0.25) is 0 Å². The molecule has 0 aliphatic heterocycles. The van der Waals surface area contributed by atoms with Crippen LogP contribution in [0.15, 0.2) is 18.7 Å². The van der Waals surface area contributed by atoms with Gasteiger partial charge < -0.3 is 5.32 Å². The number of carbonyl (C=O) groups excluding carboxylic acids is 1. The van der Waals surface area contributed by atoms with Crippen LogP contribution >= 0.6 is 0 Å². The number of carbonyl (C=O) groups is 1. The summed E-state index contributed by atoms with van der Waals surface area (Å²) in [6.07, 6.45) is 4.04. The van der Waals surface area contributed by atoms with Gasteiger partial charge in [0, 0.05) is 12.1 Å². The minimum absolute atomic E-state index is 0.120. The molecule has 0 saturated heterocycles. The number of rotatable bonds is 6. The van der Waals surface area contributed by atoms with Crippen LogP contribution in [-0.2, 0) is 0 Å². The average molecular weight is 253 g/mol. The van der Waals surface area contributed by atoms with Gasteiger partial charge in [-0.25, -0.2) is 8.78 Å². The number of hydrogen-bond donors (Lipinski definition) is 1. The first kappa shape index (κ1) is 14.4. The zero-order valence-electron chi connectivity index (χ0n) is 10.4. The Labute approximate surface area is 106 Å². The van der Waals surface area contributed by atoms with Gasteiger partial charge in [0.15, 0.2) is 0 Å². The van der Waals surface area contributed by atoms with Gasteiger partial charge in [-0.05, 0) is 18.6 Å². The second kappa shape index (κ2) is 6.89. The van der Waals surface area contributed by atoms with Crippen molar-refractivity contribution in [2.24, 2.45) is 0 Å². The van der Waals surface area contributed by atoms with E-state index in [2.05, 4.69) is 11.9 Å². The number of hydrogen-bond acceptors (Lipinski definition) is 1. The monoisotopic (exact) mass is 253 g/mol. The highest BCUT2D eigenvalue weighted by molar-refractivity contribution is 5.95. The summed E-state index contributed by atoms with van der Waals surface area (Å²) in [6, 6.07) is 2.33. The summed E-state index contributed by atoms with van der Waals surface area (Å²) in [5.74, 6) is -2.44. The Balaban J connectivity index is 2.81. The van der Waals surface area contributed by atoms with Crippen LogP contribution in [0.4, 0.5) is 8.78 Å². The van der Waals surface area contributed by atoms with Crippen molar-refractivity contribution in [1.82, 2.24) is 5.32 Å². The Hall–Kier alpha value is -1.71. The normalized spacial score (nSPS) is 10.2. The molecule has 0 bridgehead atoms. The van der Waals surface area contributed by atoms with Crippen molar-refractivity contribution in [3.8, 4) is 0 Å². The predicted octanol–water partition coefficient (Wildman–Crippen LogP) is 3.53. The SMILES string of the molecule is C=Cc1ccc(F)c(C(=O)NCCCCC)c1F. The van der Waals surface area contributed by atoms with E-state index in [0.29, 0.717) is 6.54 Å². The highest BCUT2D eigenvalue weighted by Gasteiger charge is 2.18. The second-order valence-corrected chi connectivity index (χ2v) is 3.99. The molecule has 0 spiro atoms. The lowest BCUT2D eigenvalue weighted by molar-refractivity contribution is 0.0944. The molecular weight excluding hydrogens is 236 g/mol. The van der Waals surface area contributed by atoms with Gasteiger partial charge in [-0.3, -0.25) is 4.79 Å². The summed E-state index contributed by atoms with van der Waals surface area (Å²) >= 11 is 0. The Morgan fingerprint density at radius 1 is 1.39 bits per heavy atom. The lowest BCUT2D eigenvalue weighted by atomic mass is 10.1. The number of nitrogens with one attached hydrogen (secondary N) is 1. The summed E-state index contributed by atoms with van der Waals surface area (Å²) in [6.45, 7) is 5.87. The zero-order chi connectivity index (χ0) is 13.5. The molecule has 98 valence electrons. The molecular formula is C14H17F2NO. The van der Waals surface area contributed by atoms with Crippen molar-refractivity contribution < 1.29 is 13.6 Å². The third-order valence-electron chi connectivity index (χ3n) is 2.63. The van der Waals surface area contributed by atoms with Crippen LogP contribution in [0.5, 0.6) is 0 Å². The van der Waals surface area contributed by atoms with Crippen molar-refractivity contribution in [1.29, 1.82) is 0 Å². The molecule has 0 aromatic heterocycles. The molecule has 0 aliphatic carbocycles. The van der Waals surface area contributed by atoms with E-state index in [0.717, 1.165) is 25.3 Å². The molecule has 1 amide bonds. The first-order chi connectivity index (χ1) is 8.61. The first-order valence-corrected chi connectivity index (χ1v) is 6.00. The highest BCUT2D eigenvalue weighted by Crippen LogP contribution is 2.17. The number of benzene rings is 1. The predicted molar refractivity (Wildman–Crippen MR) is 68.3 cm³/mol. The van der Waals surface area contributed by atoms with Crippen molar-refractivity contribution >= 4 is 12.0 Å². The minimum Gasteiger partial charge on any atom is -0.352 e. The molecule has 0 aliphatic rings. The van der Waals surface area contributed by atoms with E-state index in [1.807, 2.05) is 6.92 Å². The molecule has 0 unspecified atom stereocenters. The summed E-state index contributed by atoms with van der Waals surface area (Å²) in [5.41, 5.74) is -0.418. The van der Waals surface area contributed by atoms with Crippen LogP contribution in [-0.4, -0.2) is 12.5 Å². The quantitative estimate of drug-likeness (QED) is 0.772. The Bertz CT molecular complexity index is 444. The molecule has 0 radical (unpaired) electrons. The number of unbranched alkanes of at least 4 members (excludes halogenated alkanes) is 2. The van der Waals surface area contributed by atoms with E-state index in [-0.39, 0.29) is 5.56 Å². The standard InChI is InChI=1S/C14H17F2NO/c1-3-5-6-9-17-14(18)12-11(15)8-7-10(4-2)13(12)16/h4,7-8H,2-3,5-6,9H2,1H3,(H,17,18). The molecule has 0 saturated carbocycles. The fourth-order valence-corrected chi connectivity index (χ4v) is 1.60. The van der Waals surface area contributed by atoms with E-state index in [9.17, 15) is 13.6 Å². The van der Waals surface area contributed by atoms with Crippen LogP contribution in [0, 0.1) is 11.6 Å². The summed E-state index contributed by atoms with van der Waals surface area (Å²) in [7, 11) is 0. The van der Waals surface area contributed by atoms with Gasteiger partial charge in [-0.1, -0.05) is 32.4 Å². The van der Waals surface area contributed by atoms with Crippen LogP contribution < -0.4 is 5.32 Å². The maximum atomic E-state index is 13.8. The maximum absolute atomic E-state index is 13.8. The number of amides is 1. The fourth-order valence-electron chi connectivity index (χ4n) is 1.60. The molecule has 0 fully saturated rings. The molecule has 18 heavy (non-hydrogen) atoms. The molecule has 0 atom stereocenters. The minimum atomic E-state index is -0.863. The van der Waals surface area contributed by atoms with Crippen LogP contribution in [0.1, 0.15) is 42.1 Å². The van der Waals surface area contributed by atoms with Crippen molar-refractivity contribution in [3.05, 3.63) is 41.5 Å². The highest BCUT2D eigenvalue weighted by atomic mass is 19.1. The lowest BCUT2D eigenvalue weighted by Crippen LogP contribution is -2.26. The van der Waals surface area contributed by atoms with E-state index in [4.69, 9.17) is 0 Å². The fraction of sp³-hybridized carbons (Fsp3) is 0.357. The van der Waals surface area contributed by atoms with E-state index >= 15 is 0 Å². The summed E-state index contributed by atoms with van der Waals surface area (Å²) < 4.78 is 27.2.